The second-order valence-electron chi connectivity index (χ2n) is 4.21. The maximum atomic E-state index is 11.2. The minimum absolute atomic E-state index is 0.0365. The van der Waals surface area contributed by atoms with Crippen LogP contribution in [0, 0.1) is 6.92 Å². The lowest BCUT2D eigenvalue weighted by atomic mass is 10.1. The van der Waals surface area contributed by atoms with Crippen molar-refractivity contribution >= 4 is 5.97 Å². The monoisotopic (exact) mass is 258 g/mol. The van der Waals surface area contributed by atoms with E-state index in [2.05, 4.69) is 0 Å². The lowest BCUT2D eigenvalue weighted by molar-refractivity contribution is 0.0694. The first kappa shape index (κ1) is 13.1. The van der Waals surface area contributed by atoms with Crippen molar-refractivity contribution in [3.05, 3.63) is 59.2 Å². The number of hydrogen-bond acceptors (Lipinski definition) is 3. The van der Waals surface area contributed by atoms with E-state index in [1.54, 1.807) is 42.5 Å². The van der Waals surface area contributed by atoms with E-state index in [4.69, 9.17) is 14.9 Å². The molecule has 0 aromatic heterocycles. The summed E-state index contributed by atoms with van der Waals surface area (Å²) >= 11 is 0. The summed E-state index contributed by atoms with van der Waals surface area (Å²) in [5.74, 6) is -0.191. The highest BCUT2D eigenvalue weighted by Gasteiger charge is 2.12. The summed E-state index contributed by atoms with van der Waals surface area (Å²) in [6.45, 7) is 1.79. The van der Waals surface area contributed by atoms with Crippen LogP contribution in [0.1, 0.15) is 21.5 Å². The first-order valence-corrected chi connectivity index (χ1v) is 5.82. The number of hydrogen-bond donors (Lipinski definition) is 2. The van der Waals surface area contributed by atoms with Crippen molar-refractivity contribution in [1.29, 1.82) is 0 Å². The number of ether oxygens (including phenoxy) is 1. The molecule has 4 heteroatoms. The summed E-state index contributed by atoms with van der Waals surface area (Å²) in [7, 11) is 0. The molecule has 0 aliphatic heterocycles. The summed E-state index contributed by atoms with van der Waals surface area (Å²) in [5, 5.41) is 18.1. The van der Waals surface area contributed by atoms with E-state index >= 15 is 0 Å². The largest absolute Gasteiger partial charge is 0.478 e. The zero-order valence-electron chi connectivity index (χ0n) is 10.5. The Hall–Kier alpha value is -2.33. The van der Waals surface area contributed by atoms with Crippen molar-refractivity contribution in [3.63, 3.8) is 0 Å². The first-order valence-electron chi connectivity index (χ1n) is 5.82. The molecule has 2 N–H and O–H groups in total. The van der Waals surface area contributed by atoms with Crippen LogP contribution in [0.25, 0.3) is 0 Å². The van der Waals surface area contributed by atoms with Gasteiger partial charge in [-0.15, -0.1) is 0 Å². The van der Waals surface area contributed by atoms with Crippen molar-refractivity contribution in [1.82, 2.24) is 0 Å². The Morgan fingerprint density at radius 3 is 2.42 bits per heavy atom. The highest BCUT2D eigenvalue weighted by Crippen LogP contribution is 2.26. The molecule has 2 rings (SSSR count). The Morgan fingerprint density at radius 2 is 1.84 bits per heavy atom. The zero-order chi connectivity index (χ0) is 13.8. The van der Waals surface area contributed by atoms with Gasteiger partial charge in [-0.1, -0.05) is 23.8 Å². The molecule has 0 bridgehead atoms. The minimum Gasteiger partial charge on any atom is -0.478 e. The van der Waals surface area contributed by atoms with Crippen LogP contribution in [-0.4, -0.2) is 16.2 Å². The maximum absolute atomic E-state index is 11.2. The summed E-state index contributed by atoms with van der Waals surface area (Å²) in [4.78, 5) is 11.2. The van der Waals surface area contributed by atoms with Crippen molar-refractivity contribution < 1.29 is 19.7 Å². The summed E-state index contributed by atoms with van der Waals surface area (Å²) in [6.07, 6.45) is 0. The Labute approximate surface area is 110 Å². The van der Waals surface area contributed by atoms with Crippen LogP contribution < -0.4 is 4.74 Å². The van der Waals surface area contributed by atoms with E-state index < -0.39 is 5.97 Å². The van der Waals surface area contributed by atoms with Crippen LogP contribution in [0.4, 0.5) is 0 Å². The molecule has 0 aliphatic carbocycles. The number of carboxylic acids is 1. The number of benzene rings is 2. The van der Waals surface area contributed by atoms with E-state index in [1.807, 2.05) is 6.92 Å². The Kier molecular flexibility index (Phi) is 3.82. The summed E-state index contributed by atoms with van der Waals surface area (Å²) < 4.78 is 5.56. The highest BCUT2D eigenvalue weighted by atomic mass is 16.5. The van der Waals surface area contributed by atoms with Crippen LogP contribution in [0.3, 0.4) is 0 Å². The van der Waals surface area contributed by atoms with Gasteiger partial charge in [0.05, 0.1) is 6.61 Å². The number of rotatable bonds is 4. The summed E-state index contributed by atoms with van der Waals surface area (Å²) in [6, 6.07) is 11.8. The second kappa shape index (κ2) is 5.54. The zero-order valence-corrected chi connectivity index (χ0v) is 10.5. The molecule has 0 saturated carbocycles. The lowest BCUT2D eigenvalue weighted by Crippen LogP contribution is -2.00. The maximum Gasteiger partial charge on any atom is 0.339 e. The molecule has 0 heterocycles. The first-order chi connectivity index (χ1) is 9.10. The third kappa shape index (κ3) is 3.11. The molecule has 0 spiro atoms. The third-order valence-corrected chi connectivity index (χ3v) is 2.70. The third-order valence-electron chi connectivity index (χ3n) is 2.70. The Bertz CT molecular complexity index is 588. The second-order valence-corrected chi connectivity index (χ2v) is 4.21. The number of carbonyl (C=O) groups is 1. The van der Waals surface area contributed by atoms with E-state index in [1.165, 1.54) is 0 Å². The fourth-order valence-electron chi connectivity index (χ4n) is 1.69. The molecule has 0 amide bonds. The molecule has 0 radical (unpaired) electrons. The standard InChI is InChI=1S/C15H14O4/c1-10-2-7-14(13(8-10)15(17)18)19-12-5-3-11(9-16)4-6-12/h2-8,16H,9H2,1H3,(H,17,18). The normalized spacial score (nSPS) is 10.2. The lowest BCUT2D eigenvalue weighted by Gasteiger charge is -2.09. The minimum atomic E-state index is -1.02. The SMILES string of the molecule is Cc1ccc(Oc2ccc(CO)cc2)c(C(=O)O)c1. The number of aromatic carboxylic acids is 1. The molecular formula is C15H14O4. The molecule has 19 heavy (non-hydrogen) atoms. The Balaban J connectivity index is 2.29. The van der Waals surface area contributed by atoms with Gasteiger partial charge < -0.3 is 14.9 Å². The van der Waals surface area contributed by atoms with Gasteiger partial charge in [0.25, 0.3) is 0 Å². The van der Waals surface area contributed by atoms with E-state index in [9.17, 15) is 4.79 Å². The summed E-state index contributed by atoms with van der Waals surface area (Å²) in [5.41, 5.74) is 1.77. The number of aliphatic hydroxyl groups excluding tert-OH is 1. The van der Waals surface area contributed by atoms with Crippen LogP contribution in [0.2, 0.25) is 0 Å². The van der Waals surface area contributed by atoms with Gasteiger partial charge in [0.2, 0.25) is 0 Å². The number of aliphatic hydroxyl groups is 1. The van der Waals surface area contributed by atoms with Crippen LogP contribution >= 0.6 is 0 Å². The molecule has 0 aliphatic rings. The van der Waals surface area contributed by atoms with Gasteiger partial charge in [-0.25, -0.2) is 4.79 Å². The van der Waals surface area contributed by atoms with Crippen molar-refractivity contribution in [2.45, 2.75) is 13.5 Å². The molecule has 98 valence electrons. The van der Waals surface area contributed by atoms with Gasteiger partial charge in [0.1, 0.15) is 17.1 Å². The van der Waals surface area contributed by atoms with Crippen LogP contribution in [0.5, 0.6) is 11.5 Å². The molecule has 2 aromatic rings. The Morgan fingerprint density at radius 1 is 1.16 bits per heavy atom. The van der Waals surface area contributed by atoms with Gasteiger partial charge in [-0.3, -0.25) is 0 Å². The van der Waals surface area contributed by atoms with Crippen LogP contribution in [-0.2, 0) is 6.61 Å². The number of carboxylic acid groups (broad SMARTS) is 1. The smallest absolute Gasteiger partial charge is 0.339 e. The van der Waals surface area contributed by atoms with Gasteiger partial charge in [0, 0.05) is 0 Å². The van der Waals surface area contributed by atoms with Crippen molar-refractivity contribution in [2.75, 3.05) is 0 Å². The average Bonchev–Trinajstić information content (AvgIpc) is 2.41. The predicted molar refractivity (Wildman–Crippen MR) is 70.6 cm³/mol. The van der Waals surface area contributed by atoms with Crippen LogP contribution in [0.15, 0.2) is 42.5 Å². The van der Waals surface area contributed by atoms with E-state index in [-0.39, 0.29) is 12.2 Å². The van der Waals surface area contributed by atoms with E-state index in [0.29, 0.717) is 11.5 Å². The molecule has 2 aromatic carbocycles. The molecule has 0 unspecified atom stereocenters. The molecule has 0 fully saturated rings. The topological polar surface area (TPSA) is 66.8 Å². The van der Waals surface area contributed by atoms with Gasteiger partial charge >= 0.3 is 5.97 Å². The van der Waals surface area contributed by atoms with Crippen molar-refractivity contribution in [2.24, 2.45) is 0 Å². The number of aryl methyl sites for hydroxylation is 1. The fraction of sp³-hybridized carbons (Fsp3) is 0.133. The van der Waals surface area contributed by atoms with Gasteiger partial charge in [0.15, 0.2) is 0 Å². The predicted octanol–water partition coefficient (Wildman–Crippen LogP) is 2.98. The molecule has 0 atom stereocenters. The quantitative estimate of drug-likeness (QED) is 0.884. The molecule has 0 saturated heterocycles. The van der Waals surface area contributed by atoms with Gasteiger partial charge in [-0.05, 0) is 36.8 Å². The highest BCUT2D eigenvalue weighted by molar-refractivity contribution is 5.91. The fourth-order valence-corrected chi connectivity index (χ4v) is 1.69. The molecule has 4 nitrogen and oxygen atoms in total. The van der Waals surface area contributed by atoms with Crippen molar-refractivity contribution in [3.8, 4) is 11.5 Å². The average molecular weight is 258 g/mol. The molecular weight excluding hydrogens is 244 g/mol. The van der Waals surface area contributed by atoms with Gasteiger partial charge in [-0.2, -0.15) is 0 Å². The van der Waals surface area contributed by atoms with E-state index in [0.717, 1.165) is 11.1 Å².